The van der Waals surface area contributed by atoms with E-state index in [1.165, 1.54) is 11.3 Å². The molecule has 0 saturated carbocycles. The molecule has 1 aliphatic heterocycles. The summed E-state index contributed by atoms with van der Waals surface area (Å²) in [7, 11) is 0. The molecule has 0 aromatic carbocycles. The second kappa shape index (κ2) is 2.26. The molecule has 2 heterocycles. The Morgan fingerprint density at radius 3 is 3.09 bits per heavy atom. The third kappa shape index (κ3) is 0.914. The molecule has 0 bridgehead atoms. The normalized spacial score (nSPS) is 15.2. The van der Waals surface area contributed by atoms with Gasteiger partial charge in [0.1, 0.15) is 0 Å². The van der Waals surface area contributed by atoms with Gasteiger partial charge in [-0.25, -0.2) is 0 Å². The van der Waals surface area contributed by atoms with E-state index in [2.05, 4.69) is 24.0 Å². The van der Waals surface area contributed by atoms with Crippen molar-refractivity contribution in [3.8, 4) is 5.88 Å². The lowest BCUT2D eigenvalue weighted by Gasteiger charge is -2.00. The van der Waals surface area contributed by atoms with Crippen molar-refractivity contribution in [3.63, 3.8) is 0 Å². The SMILES string of the molecule is CC(C)c1[nH]nc2c1CCO2. The lowest BCUT2D eigenvalue weighted by atomic mass is 10.1. The van der Waals surface area contributed by atoms with Crippen molar-refractivity contribution in [2.45, 2.75) is 26.2 Å². The number of hydrogen-bond acceptors (Lipinski definition) is 2. The van der Waals surface area contributed by atoms with Crippen molar-refractivity contribution in [2.24, 2.45) is 0 Å². The second-order valence-electron chi connectivity index (χ2n) is 3.17. The Balaban J connectivity index is 2.42. The summed E-state index contributed by atoms with van der Waals surface area (Å²) in [6.45, 7) is 5.12. The summed E-state index contributed by atoms with van der Waals surface area (Å²) >= 11 is 0. The maximum atomic E-state index is 5.29. The third-order valence-corrected chi connectivity index (χ3v) is 2.03. The number of H-pyrrole nitrogens is 1. The van der Waals surface area contributed by atoms with Gasteiger partial charge in [-0.2, -0.15) is 0 Å². The van der Waals surface area contributed by atoms with Crippen molar-refractivity contribution in [1.82, 2.24) is 10.2 Å². The van der Waals surface area contributed by atoms with E-state index in [-0.39, 0.29) is 0 Å². The fraction of sp³-hybridized carbons (Fsp3) is 0.625. The molecule has 60 valence electrons. The van der Waals surface area contributed by atoms with E-state index in [1.54, 1.807) is 0 Å². The molecule has 0 fully saturated rings. The van der Waals surface area contributed by atoms with Crippen molar-refractivity contribution in [2.75, 3.05) is 6.61 Å². The summed E-state index contributed by atoms with van der Waals surface area (Å²) in [6.07, 6.45) is 1.01. The highest BCUT2D eigenvalue weighted by atomic mass is 16.5. The van der Waals surface area contributed by atoms with Gasteiger partial charge in [-0.3, -0.25) is 5.10 Å². The second-order valence-corrected chi connectivity index (χ2v) is 3.17. The van der Waals surface area contributed by atoms with Crippen molar-refractivity contribution in [1.29, 1.82) is 0 Å². The molecule has 11 heavy (non-hydrogen) atoms. The topological polar surface area (TPSA) is 37.9 Å². The van der Waals surface area contributed by atoms with Gasteiger partial charge >= 0.3 is 0 Å². The number of rotatable bonds is 1. The average molecular weight is 152 g/mol. The number of aromatic nitrogens is 2. The molecular weight excluding hydrogens is 140 g/mol. The van der Waals surface area contributed by atoms with Crippen molar-refractivity contribution >= 4 is 0 Å². The summed E-state index contributed by atoms with van der Waals surface area (Å²) in [5.41, 5.74) is 2.51. The molecule has 3 heteroatoms. The molecule has 2 rings (SSSR count). The molecule has 0 saturated heterocycles. The Labute approximate surface area is 65.8 Å². The molecular formula is C8H12N2O. The zero-order chi connectivity index (χ0) is 7.84. The Morgan fingerprint density at radius 2 is 2.36 bits per heavy atom. The molecule has 0 aliphatic carbocycles. The maximum Gasteiger partial charge on any atom is 0.236 e. The summed E-state index contributed by atoms with van der Waals surface area (Å²) in [6, 6.07) is 0. The van der Waals surface area contributed by atoms with Crippen LogP contribution < -0.4 is 4.74 Å². The monoisotopic (exact) mass is 152 g/mol. The van der Waals surface area contributed by atoms with Crippen LogP contribution in [0.2, 0.25) is 0 Å². The standard InChI is InChI=1S/C8H12N2O/c1-5(2)7-6-3-4-11-8(6)10-9-7/h5H,3-4H2,1-2H3,(H,9,10). The molecule has 3 nitrogen and oxygen atoms in total. The molecule has 1 N–H and O–H groups in total. The number of nitrogens with zero attached hydrogens (tertiary/aromatic N) is 1. The van der Waals surface area contributed by atoms with Gasteiger partial charge in [-0.1, -0.05) is 13.8 Å². The number of fused-ring (bicyclic) bond motifs is 1. The molecule has 1 aliphatic rings. The van der Waals surface area contributed by atoms with E-state index in [0.717, 1.165) is 18.9 Å². The number of aromatic amines is 1. The van der Waals surface area contributed by atoms with Crippen LogP contribution in [0.15, 0.2) is 0 Å². The zero-order valence-electron chi connectivity index (χ0n) is 6.85. The quantitative estimate of drug-likeness (QED) is 0.661. The third-order valence-electron chi connectivity index (χ3n) is 2.03. The summed E-state index contributed by atoms with van der Waals surface area (Å²) in [5, 5.41) is 7.07. The first-order chi connectivity index (χ1) is 5.29. The van der Waals surface area contributed by atoms with E-state index >= 15 is 0 Å². The van der Waals surface area contributed by atoms with E-state index in [9.17, 15) is 0 Å². The highest BCUT2D eigenvalue weighted by molar-refractivity contribution is 5.35. The summed E-state index contributed by atoms with van der Waals surface area (Å²) in [5.74, 6) is 1.33. The minimum absolute atomic E-state index is 0.521. The van der Waals surface area contributed by atoms with Crippen LogP contribution in [0.5, 0.6) is 5.88 Å². The van der Waals surface area contributed by atoms with E-state index in [4.69, 9.17) is 4.74 Å². The first-order valence-electron chi connectivity index (χ1n) is 3.99. The molecule has 0 amide bonds. The lowest BCUT2D eigenvalue weighted by Crippen LogP contribution is -1.95. The first kappa shape index (κ1) is 6.70. The largest absolute Gasteiger partial charge is 0.476 e. The van der Waals surface area contributed by atoms with Crippen LogP contribution in [-0.2, 0) is 6.42 Å². The summed E-state index contributed by atoms with van der Waals surface area (Å²) in [4.78, 5) is 0. The Kier molecular flexibility index (Phi) is 1.37. The first-order valence-corrected chi connectivity index (χ1v) is 3.99. The van der Waals surface area contributed by atoms with Crippen LogP contribution in [0.3, 0.4) is 0 Å². The van der Waals surface area contributed by atoms with Gasteiger partial charge in [0.15, 0.2) is 0 Å². The minimum atomic E-state index is 0.521. The molecule has 0 spiro atoms. The van der Waals surface area contributed by atoms with E-state index < -0.39 is 0 Å². The van der Waals surface area contributed by atoms with Gasteiger partial charge in [0.05, 0.1) is 6.61 Å². The Bertz CT molecular complexity index is 265. The summed E-state index contributed by atoms with van der Waals surface area (Å²) < 4.78 is 5.29. The van der Waals surface area contributed by atoms with Crippen LogP contribution in [0.4, 0.5) is 0 Å². The van der Waals surface area contributed by atoms with Gasteiger partial charge in [-0.15, -0.1) is 5.10 Å². The average Bonchev–Trinajstić information content (AvgIpc) is 2.41. The minimum Gasteiger partial charge on any atom is -0.476 e. The smallest absolute Gasteiger partial charge is 0.236 e. The van der Waals surface area contributed by atoms with Crippen LogP contribution in [0.25, 0.3) is 0 Å². The predicted octanol–water partition coefficient (Wildman–Crippen LogP) is 1.47. The van der Waals surface area contributed by atoms with Gasteiger partial charge in [0.25, 0.3) is 0 Å². The molecule has 1 aromatic heterocycles. The fourth-order valence-electron chi connectivity index (χ4n) is 1.45. The Morgan fingerprint density at radius 1 is 1.55 bits per heavy atom. The van der Waals surface area contributed by atoms with Crippen molar-refractivity contribution < 1.29 is 4.74 Å². The molecule has 0 unspecified atom stereocenters. The van der Waals surface area contributed by atoms with Crippen LogP contribution >= 0.6 is 0 Å². The van der Waals surface area contributed by atoms with E-state index in [0.29, 0.717) is 5.92 Å². The van der Waals surface area contributed by atoms with Crippen LogP contribution in [0, 0.1) is 0 Å². The van der Waals surface area contributed by atoms with Crippen molar-refractivity contribution in [3.05, 3.63) is 11.3 Å². The Hall–Kier alpha value is -0.990. The van der Waals surface area contributed by atoms with Gasteiger partial charge in [0, 0.05) is 17.7 Å². The predicted molar refractivity (Wildman–Crippen MR) is 41.9 cm³/mol. The van der Waals surface area contributed by atoms with Crippen LogP contribution in [0.1, 0.15) is 31.0 Å². The zero-order valence-corrected chi connectivity index (χ0v) is 6.85. The molecule has 0 radical (unpaired) electrons. The lowest BCUT2D eigenvalue weighted by molar-refractivity contribution is 0.341. The number of hydrogen-bond donors (Lipinski definition) is 1. The van der Waals surface area contributed by atoms with Gasteiger partial charge in [0.2, 0.25) is 5.88 Å². The number of ether oxygens (including phenoxy) is 1. The molecule has 0 atom stereocenters. The van der Waals surface area contributed by atoms with Gasteiger partial charge in [-0.05, 0) is 5.92 Å². The maximum absolute atomic E-state index is 5.29. The highest BCUT2D eigenvalue weighted by Gasteiger charge is 2.21. The number of nitrogens with one attached hydrogen (secondary N) is 1. The van der Waals surface area contributed by atoms with E-state index in [1.807, 2.05) is 0 Å². The fourth-order valence-corrected chi connectivity index (χ4v) is 1.45. The van der Waals surface area contributed by atoms with Crippen LogP contribution in [-0.4, -0.2) is 16.8 Å². The highest BCUT2D eigenvalue weighted by Crippen LogP contribution is 2.29. The van der Waals surface area contributed by atoms with Gasteiger partial charge < -0.3 is 4.74 Å². The molecule has 1 aromatic rings.